The van der Waals surface area contributed by atoms with E-state index in [9.17, 15) is 5.11 Å². The zero-order valence-corrected chi connectivity index (χ0v) is 7.98. The summed E-state index contributed by atoms with van der Waals surface area (Å²) >= 11 is 0. The molecule has 0 spiro atoms. The second kappa shape index (κ2) is 3.84. The molecule has 1 heterocycles. The van der Waals surface area contributed by atoms with Crippen molar-refractivity contribution in [1.29, 1.82) is 0 Å². The third-order valence-corrected chi connectivity index (χ3v) is 2.44. The molecule has 1 aliphatic carbocycles. The fraction of sp³-hybridized carbons (Fsp3) is 0.500. The van der Waals surface area contributed by atoms with E-state index in [-0.39, 0.29) is 6.10 Å². The monoisotopic (exact) mass is 193 g/mol. The summed E-state index contributed by atoms with van der Waals surface area (Å²) in [6.07, 6.45) is 5.37. The smallest absolute Gasteiger partial charge is 0.0740 e. The number of nitrogens with zero attached hydrogens (tertiary/aromatic N) is 1. The number of aromatic nitrogens is 1. The molecule has 76 valence electrons. The van der Waals surface area contributed by atoms with Crippen molar-refractivity contribution in [3.63, 3.8) is 0 Å². The van der Waals surface area contributed by atoms with Crippen LogP contribution in [-0.4, -0.2) is 22.7 Å². The van der Waals surface area contributed by atoms with Crippen LogP contribution in [0.2, 0.25) is 0 Å². The maximum atomic E-state index is 9.61. The van der Waals surface area contributed by atoms with E-state index < -0.39 is 0 Å². The Morgan fingerprint density at radius 1 is 1.57 bits per heavy atom. The van der Waals surface area contributed by atoms with Crippen molar-refractivity contribution >= 4 is 11.4 Å². The van der Waals surface area contributed by atoms with Crippen LogP contribution in [0.1, 0.15) is 12.8 Å². The number of nitrogens with one attached hydrogen (secondary N) is 1. The van der Waals surface area contributed by atoms with Gasteiger partial charge in [0.25, 0.3) is 0 Å². The molecule has 0 amide bonds. The van der Waals surface area contributed by atoms with E-state index in [4.69, 9.17) is 5.73 Å². The summed E-state index contributed by atoms with van der Waals surface area (Å²) < 4.78 is 0. The Bertz CT molecular complexity index is 312. The second-order valence-corrected chi connectivity index (χ2v) is 3.79. The lowest BCUT2D eigenvalue weighted by molar-refractivity contribution is 0.164. The van der Waals surface area contributed by atoms with Gasteiger partial charge < -0.3 is 16.2 Å². The summed E-state index contributed by atoms with van der Waals surface area (Å²) in [5.74, 6) is 0.497. The van der Waals surface area contributed by atoms with E-state index in [0.29, 0.717) is 18.2 Å². The molecule has 0 aromatic carbocycles. The Hall–Kier alpha value is -1.29. The van der Waals surface area contributed by atoms with Crippen molar-refractivity contribution in [2.24, 2.45) is 5.92 Å². The van der Waals surface area contributed by atoms with Gasteiger partial charge >= 0.3 is 0 Å². The van der Waals surface area contributed by atoms with E-state index in [1.54, 1.807) is 12.4 Å². The number of anilines is 2. The Kier molecular flexibility index (Phi) is 2.54. The molecular formula is C10H15N3O. The summed E-state index contributed by atoms with van der Waals surface area (Å²) in [4.78, 5) is 3.95. The SMILES string of the molecule is Nc1cncc(NCC(O)C2CC2)c1. The molecule has 1 atom stereocenters. The third-order valence-electron chi connectivity index (χ3n) is 2.44. The highest BCUT2D eigenvalue weighted by molar-refractivity contribution is 5.51. The Labute approximate surface area is 83.2 Å². The van der Waals surface area contributed by atoms with E-state index >= 15 is 0 Å². The largest absolute Gasteiger partial charge is 0.397 e. The standard InChI is InChI=1S/C10H15N3O/c11-8-3-9(5-12-4-8)13-6-10(14)7-1-2-7/h3-5,7,10,13-14H,1-2,6,11H2. The summed E-state index contributed by atoms with van der Waals surface area (Å²) in [7, 11) is 0. The van der Waals surface area contributed by atoms with Crippen molar-refractivity contribution in [2.75, 3.05) is 17.6 Å². The van der Waals surface area contributed by atoms with Crippen LogP contribution in [0.3, 0.4) is 0 Å². The molecule has 1 saturated carbocycles. The average molecular weight is 193 g/mol. The van der Waals surface area contributed by atoms with Crippen LogP contribution in [0.15, 0.2) is 18.5 Å². The van der Waals surface area contributed by atoms with Crippen molar-refractivity contribution in [3.8, 4) is 0 Å². The van der Waals surface area contributed by atoms with Gasteiger partial charge in [-0.1, -0.05) is 0 Å². The zero-order chi connectivity index (χ0) is 9.97. The maximum Gasteiger partial charge on any atom is 0.0740 e. The van der Waals surface area contributed by atoms with E-state index in [2.05, 4.69) is 10.3 Å². The number of rotatable bonds is 4. The summed E-state index contributed by atoms with van der Waals surface area (Å²) in [5.41, 5.74) is 7.07. The molecule has 2 rings (SSSR count). The third kappa shape index (κ3) is 2.35. The summed E-state index contributed by atoms with van der Waals surface area (Å²) in [6, 6.07) is 1.81. The average Bonchev–Trinajstić information content (AvgIpc) is 2.97. The highest BCUT2D eigenvalue weighted by atomic mass is 16.3. The normalized spacial score (nSPS) is 17.8. The Morgan fingerprint density at radius 3 is 3.00 bits per heavy atom. The molecule has 0 bridgehead atoms. The highest BCUT2D eigenvalue weighted by Gasteiger charge is 2.29. The minimum absolute atomic E-state index is 0.239. The predicted octanol–water partition coefficient (Wildman–Crippen LogP) is 0.847. The number of pyridine rings is 1. The Morgan fingerprint density at radius 2 is 2.36 bits per heavy atom. The number of aliphatic hydroxyl groups is 1. The fourth-order valence-corrected chi connectivity index (χ4v) is 1.42. The van der Waals surface area contributed by atoms with Crippen LogP contribution in [-0.2, 0) is 0 Å². The van der Waals surface area contributed by atoms with Crippen LogP contribution in [0.4, 0.5) is 11.4 Å². The molecule has 1 aromatic rings. The first kappa shape index (κ1) is 9.27. The van der Waals surface area contributed by atoms with Crippen molar-refractivity contribution in [3.05, 3.63) is 18.5 Å². The van der Waals surface area contributed by atoms with Gasteiger partial charge in [0.05, 0.1) is 23.7 Å². The lowest BCUT2D eigenvalue weighted by Gasteiger charge is -2.11. The van der Waals surface area contributed by atoms with Crippen LogP contribution in [0.5, 0.6) is 0 Å². The van der Waals surface area contributed by atoms with Gasteiger partial charge in [0, 0.05) is 12.7 Å². The van der Waals surface area contributed by atoms with Gasteiger partial charge in [-0.25, -0.2) is 0 Å². The van der Waals surface area contributed by atoms with Crippen molar-refractivity contribution < 1.29 is 5.11 Å². The van der Waals surface area contributed by atoms with Gasteiger partial charge in [-0.3, -0.25) is 4.98 Å². The molecule has 0 aliphatic heterocycles. The minimum Gasteiger partial charge on any atom is -0.397 e. The quantitative estimate of drug-likeness (QED) is 0.663. The van der Waals surface area contributed by atoms with Crippen LogP contribution in [0, 0.1) is 5.92 Å². The predicted molar refractivity (Wildman–Crippen MR) is 55.9 cm³/mol. The molecule has 0 saturated heterocycles. The van der Waals surface area contributed by atoms with Crippen LogP contribution >= 0.6 is 0 Å². The molecule has 1 fully saturated rings. The maximum absolute atomic E-state index is 9.61. The van der Waals surface area contributed by atoms with Gasteiger partial charge in [0.15, 0.2) is 0 Å². The van der Waals surface area contributed by atoms with E-state index in [1.165, 1.54) is 0 Å². The van der Waals surface area contributed by atoms with Crippen molar-refractivity contribution in [1.82, 2.24) is 4.98 Å². The Balaban J connectivity index is 1.84. The fourth-order valence-electron chi connectivity index (χ4n) is 1.42. The van der Waals surface area contributed by atoms with Gasteiger partial charge in [0.1, 0.15) is 0 Å². The second-order valence-electron chi connectivity index (χ2n) is 3.79. The van der Waals surface area contributed by atoms with E-state index in [0.717, 1.165) is 18.5 Å². The molecule has 0 radical (unpaired) electrons. The zero-order valence-electron chi connectivity index (χ0n) is 7.98. The topological polar surface area (TPSA) is 71.2 Å². The molecule has 14 heavy (non-hydrogen) atoms. The molecule has 1 aromatic heterocycles. The first-order chi connectivity index (χ1) is 6.75. The number of nitrogen functional groups attached to an aromatic ring is 1. The molecule has 1 unspecified atom stereocenters. The molecular weight excluding hydrogens is 178 g/mol. The van der Waals surface area contributed by atoms with Crippen LogP contribution < -0.4 is 11.1 Å². The first-order valence-corrected chi connectivity index (χ1v) is 4.88. The lowest BCUT2D eigenvalue weighted by Crippen LogP contribution is -2.21. The summed E-state index contributed by atoms with van der Waals surface area (Å²) in [6.45, 7) is 0.579. The number of hydrogen-bond donors (Lipinski definition) is 3. The number of nitrogens with two attached hydrogens (primary N) is 1. The van der Waals surface area contributed by atoms with Gasteiger partial charge in [-0.2, -0.15) is 0 Å². The summed E-state index contributed by atoms with van der Waals surface area (Å²) in [5, 5.41) is 12.7. The molecule has 4 nitrogen and oxygen atoms in total. The number of aliphatic hydroxyl groups excluding tert-OH is 1. The van der Waals surface area contributed by atoms with Gasteiger partial charge in [0.2, 0.25) is 0 Å². The lowest BCUT2D eigenvalue weighted by atomic mass is 10.2. The van der Waals surface area contributed by atoms with Gasteiger partial charge in [-0.05, 0) is 24.8 Å². The minimum atomic E-state index is -0.239. The molecule has 4 N–H and O–H groups in total. The van der Waals surface area contributed by atoms with Crippen molar-refractivity contribution in [2.45, 2.75) is 18.9 Å². The highest BCUT2D eigenvalue weighted by Crippen LogP contribution is 2.32. The van der Waals surface area contributed by atoms with E-state index in [1.807, 2.05) is 6.07 Å². The number of hydrogen-bond acceptors (Lipinski definition) is 4. The molecule has 4 heteroatoms. The molecule has 1 aliphatic rings. The van der Waals surface area contributed by atoms with Crippen LogP contribution in [0.25, 0.3) is 0 Å². The first-order valence-electron chi connectivity index (χ1n) is 4.88. The van der Waals surface area contributed by atoms with Gasteiger partial charge in [-0.15, -0.1) is 0 Å².